The van der Waals surface area contributed by atoms with E-state index < -0.39 is 33.9 Å². The number of nitrogens with one attached hydrogen (secondary N) is 1. The highest BCUT2D eigenvalue weighted by Gasteiger charge is 2.21. The Morgan fingerprint density at radius 1 is 1.47 bits per heavy atom. The van der Waals surface area contributed by atoms with Crippen molar-refractivity contribution in [1.82, 2.24) is 0 Å². The predicted octanol–water partition coefficient (Wildman–Crippen LogP) is 1.76. The first-order valence-corrected chi connectivity index (χ1v) is 4.51. The number of hydrogen-bond donors (Lipinski definition) is 2. The number of carboxylic acid groups (broad SMARTS) is 1. The normalized spacial score (nSPS) is 10.0. The molecule has 0 bridgehead atoms. The van der Waals surface area contributed by atoms with Crippen molar-refractivity contribution >= 4 is 17.3 Å². The molecule has 0 saturated carbocycles. The third-order valence-electron chi connectivity index (χ3n) is 1.91. The molecule has 0 aliphatic rings. The molecule has 0 saturated heterocycles. The first-order valence-electron chi connectivity index (χ1n) is 4.51. The van der Waals surface area contributed by atoms with E-state index in [2.05, 4.69) is 5.32 Å². The Labute approximate surface area is 94.0 Å². The van der Waals surface area contributed by atoms with Crippen LogP contribution in [0.2, 0.25) is 0 Å². The van der Waals surface area contributed by atoms with E-state index in [1.54, 1.807) is 0 Å². The minimum absolute atomic E-state index is 0.240. The summed E-state index contributed by atoms with van der Waals surface area (Å²) in [6.07, 6.45) is -0.368. The van der Waals surface area contributed by atoms with Crippen LogP contribution in [0.25, 0.3) is 0 Å². The lowest BCUT2D eigenvalue weighted by molar-refractivity contribution is -0.384. The lowest BCUT2D eigenvalue weighted by Gasteiger charge is -2.07. The molecule has 1 rings (SSSR count). The molecule has 6 nitrogen and oxygen atoms in total. The number of halogens is 2. The van der Waals surface area contributed by atoms with Gasteiger partial charge in [-0.3, -0.25) is 14.9 Å². The fraction of sp³-hybridized carbons (Fsp3) is 0.222. The van der Waals surface area contributed by atoms with Gasteiger partial charge in [0, 0.05) is 12.6 Å². The summed E-state index contributed by atoms with van der Waals surface area (Å²) in [6, 6.07) is 1.44. The highest BCUT2D eigenvalue weighted by Crippen LogP contribution is 2.28. The number of nitrogens with zero attached hydrogens (tertiary/aromatic N) is 1. The van der Waals surface area contributed by atoms with Crippen molar-refractivity contribution in [1.29, 1.82) is 0 Å². The van der Waals surface area contributed by atoms with Gasteiger partial charge in [0.2, 0.25) is 0 Å². The maximum atomic E-state index is 13.3. The number of hydrogen-bond acceptors (Lipinski definition) is 4. The first kappa shape index (κ1) is 12.8. The van der Waals surface area contributed by atoms with Gasteiger partial charge >= 0.3 is 5.97 Å². The van der Waals surface area contributed by atoms with Crippen LogP contribution in [0, 0.1) is 21.7 Å². The third kappa shape index (κ3) is 3.10. The topological polar surface area (TPSA) is 92.5 Å². The van der Waals surface area contributed by atoms with Gasteiger partial charge in [0.1, 0.15) is 0 Å². The van der Waals surface area contributed by atoms with E-state index in [1.807, 2.05) is 0 Å². The monoisotopic (exact) mass is 246 g/mol. The summed E-state index contributed by atoms with van der Waals surface area (Å²) in [7, 11) is 0. The smallest absolute Gasteiger partial charge is 0.305 e. The van der Waals surface area contributed by atoms with Gasteiger partial charge in [0.15, 0.2) is 17.3 Å². The molecule has 0 atom stereocenters. The molecular formula is C9H8F2N2O4. The van der Waals surface area contributed by atoms with Crippen LogP contribution in [0.15, 0.2) is 12.1 Å². The molecular weight excluding hydrogens is 238 g/mol. The van der Waals surface area contributed by atoms with E-state index in [0.717, 1.165) is 6.07 Å². The molecule has 0 aliphatic carbocycles. The minimum Gasteiger partial charge on any atom is -0.481 e. The van der Waals surface area contributed by atoms with E-state index >= 15 is 0 Å². The van der Waals surface area contributed by atoms with Crippen LogP contribution in [0.1, 0.15) is 6.42 Å². The summed E-state index contributed by atoms with van der Waals surface area (Å²) in [4.78, 5) is 19.9. The van der Waals surface area contributed by atoms with Crippen LogP contribution in [0.3, 0.4) is 0 Å². The summed E-state index contributed by atoms with van der Waals surface area (Å²) in [5.41, 5.74) is -1.29. The van der Waals surface area contributed by atoms with Crippen molar-refractivity contribution in [3.8, 4) is 0 Å². The first-order chi connectivity index (χ1) is 7.93. The van der Waals surface area contributed by atoms with Crippen molar-refractivity contribution in [3.05, 3.63) is 33.9 Å². The second kappa shape index (κ2) is 5.19. The van der Waals surface area contributed by atoms with E-state index in [4.69, 9.17) is 5.11 Å². The van der Waals surface area contributed by atoms with Crippen molar-refractivity contribution in [2.75, 3.05) is 11.9 Å². The van der Waals surface area contributed by atoms with Crippen LogP contribution in [0.4, 0.5) is 20.2 Å². The number of rotatable bonds is 5. The molecule has 0 fully saturated rings. The molecule has 0 amide bonds. The molecule has 0 aromatic heterocycles. The largest absolute Gasteiger partial charge is 0.481 e. The predicted molar refractivity (Wildman–Crippen MR) is 53.8 cm³/mol. The van der Waals surface area contributed by atoms with Gasteiger partial charge in [0.05, 0.1) is 11.3 Å². The van der Waals surface area contributed by atoms with Crippen LogP contribution < -0.4 is 5.32 Å². The van der Waals surface area contributed by atoms with Crippen LogP contribution in [-0.4, -0.2) is 22.5 Å². The molecule has 8 heteroatoms. The standard InChI is InChI=1S/C9H8F2N2O4/c10-5-1-2-6(13(16)17)9(8(5)11)12-4-3-7(14)15/h1-2,12H,3-4H2,(H,14,15). The molecule has 0 unspecified atom stereocenters. The molecule has 92 valence electrons. The maximum Gasteiger partial charge on any atom is 0.305 e. The summed E-state index contributed by atoms with van der Waals surface area (Å²) in [6.45, 7) is -0.240. The number of nitro groups is 1. The Balaban J connectivity index is 2.98. The van der Waals surface area contributed by atoms with Crippen molar-refractivity contribution in [2.24, 2.45) is 0 Å². The number of carboxylic acids is 1. The Morgan fingerprint density at radius 2 is 2.12 bits per heavy atom. The molecule has 2 N–H and O–H groups in total. The van der Waals surface area contributed by atoms with E-state index in [-0.39, 0.29) is 13.0 Å². The van der Waals surface area contributed by atoms with Gasteiger partial charge < -0.3 is 10.4 Å². The van der Waals surface area contributed by atoms with Crippen LogP contribution >= 0.6 is 0 Å². The maximum absolute atomic E-state index is 13.3. The van der Waals surface area contributed by atoms with Gasteiger partial charge in [-0.1, -0.05) is 0 Å². The molecule has 0 spiro atoms. The van der Waals surface area contributed by atoms with E-state index in [1.165, 1.54) is 0 Å². The zero-order valence-electron chi connectivity index (χ0n) is 8.44. The second-order valence-electron chi connectivity index (χ2n) is 3.08. The Bertz CT molecular complexity index is 465. The van der Waals surface area contributed by atoms with Crippen LogP contribution in [-0.2, 0) is 4.79 Å². The van der Waals surface area contributed by atoms with Gasteiger partial charge in [-0.05, 0) is 6.07 Å². The van der Waals surface area contributed by atoms with Crippen molar-refractivity contribution in [3.63, 3.8) is 0 Å². The Morgan fingerprint density at radius 3 is 2.65 bits per heavy atom. The zero-order chi connectivity index (χ0) is 13.0. The fourth-order valence-electron chi connectivity index (χ4n) is 1.16. The van der Waals surface area contributed by atoms with Crippen LogP contribution in [0.5, 0.6) is 0 Å². The Hall–Kier alpha value is -2.25. The number of anilines is 1. The fourth-order valence-corrected chi connectivity index (χ4v) is 1.16. The van der Waals surface area contributed by atoms with Gasteiger partial charge in [-0.2, -0.15) is 0 Å². The number of carbonyl (C=O) groups is 1. The van der Waals surface area contributed by atoms with E-state index in [9.17, 15) is 23.7 Å². The van der Waals surface area contributed by atoms with Gasteiger partial charge in [0.25, 0.3) is 5.69 Å². The van der Waals surface area contributed by atoms with Crippen molar-refractivity contribution < 1.29 is 23.6 Å². The lowest BCUT2D eigenvalue weighted by Crippen LogP contribution is -2.11. The molecule has 1 aromatic carbocycles. The quantitative estimate of drug-likeness (QED) is 0.610. The molecule has 0 radical (unpaired) electrons. The molecule has 1 aromatic rings. The molecule has 0 heterocycles. The van der Waals surface area contributed by atoms with Crippen molar-refractivity contribution in [2.45, 2.75) is 6.42 Å². The zero-order valence-corrected chi connectivity index (χ0v) is 8.44. The number of nitro benzene ring substituents is 1. The SMILES string of the molecule is O=C(O)CCNc1c([N+](=O)[O-])ccc(F)c1F. The van der Waals surface area contributed by atoms with E-state index in [0.29, 0.717) is 6.07 Å². The average molecular weight is 246 g/mol. The summed E-state index contributed by atoms with van der Waals surface area (Å²) in [5, 5.41) is 21.1. The third-order valence-corrected chi connectivity index (χ3v) is 1.91. The number of benzene rings is 1. The second-order valence-corrected chi connectivity index (χ2v) is 3.08. The summed E-state index contributed by atoms with van der Waals surface area (Å²) < 4.78 is 26.1. The lowest BCUT2D eigenvalue weighted by atomic mass is 10.2. The summed E-state index contributed by atoms with van der Waals surface area (Å²) >= 11 is 0. The Kier molecular flexibility index (Phi) is 3.91. The highest BCUT2D eigenvalue weighted by molar-refractivity contribution is 5.68. The minimum atomic E-state index is -1.40. The summed E-state index contributed by atoms with van der Waals surface area (Å²) in [5.74, 6) is -3.80. The highest BCUT2D eigenvalue weighted by atomic mass is 19.2. The molecule has 17 heavy (non-hydrogen) atoms. The average Bonchev–Trinajstić information content (AvgIpc) is 2.23. The van der Waals surface area contributed by atoms with Gasteiger partial charge in [-0.25, -0.2) is 8.78 Å². The van der Waals surface area contributed by atoms with Gasteiger partial charge in [-0.15, -0.1) is 0 Å². The molecule has 0 aliphatic heterocycles. The number of aliphatic carboxylic acids is 1.